The number of esters is 1. The van der Waals surface area contributed by atoms with Gasteiger partial charge in [0.2, 0.25) is 0 Å². The SMILES string of the molecule is COC(=O)c1cc(-c2ccc(C=O)c(F)c2F)cs1. The van der Waals surface area contributed by atoms with E-state index >= 15 is 0 Å². The van der Waals surface area contributed by atoms with Crippen molar-refractivity contribution in [2.24, 2.45) is 0 Å². The van der Waals surface area contributed by atoms with Crippen molar-refractivity contribution in [3.63, 3.8) is 0 Å². The quantitative estimate of drug-likeness (QED) is 0.641. The Balaban J connectivity index is 2.48. The molecule has 1 heterocycles. The Morgan fingerprint density at radius 1 is 1.32 bits per heavy atom. The van der Waals surface area contributed by atoms with Crippen molar-refractivity contribution in [3.05, 3.63) is 45.7 Å². The van der Waals surface area contributed by atoms with Gasteiger partial charge in [-0.1, -0.05) is 6.07 Å². The molecule has 19 heavy (non-hydrogen) atoms. The summed E-state index contributed by atoms with van der Waals surface area (Å²) in [5.41, 5.74) is 0.0124. The third-order valence-corrected chi connectivity index (χ3v) is 3.45. The number of rotatable bonds is 3. The lowest BCUT2D eigenvalue weighted by Gasteiger charge is -2.03. The summed E-state index contributed by atoms with van der Waals surface area (Å²) in [6.07, 6.45) is 0.246. The monoisotopic (exact) mass is 282 g/mol. The molecule has 1 aromatic carbocycles. The van der Waals surface area contributed by atoms with Gasteiger partial charge in [0.1, 0.15) is 4.88 Å². The standard InChI is InChI=1S/C13H8F2O3S/c1-18-13(17)10-4-8(6-19-10)9-3-2-7(5-16)11(14)12(9)15/h2-6H,1H3. The number of halogens is 2. The number of carbonyl (C=O) groups is 2. The van der Waals surface area contributed by atoms with Gasteiger partial charge in [-0.25, -0.2) is 13.6 Å². The lowest BCUT2D eigenvalue weighted by molar-refractivity contribution is 0.0606. The van der Waals surface area contributed by atoms with E-state index in [2.05, 4.69) is 4.74 Å². The van der Waals surface area contributed by atoms with Crippen LogP contribution < -0.4 is 0 Å². The fourth-order valence-electron chi connectivity index (χ4n) is 1.56. The van der Waals surface area contributed by atoms with Gasteiger partial charge in [0.05, 0.1) is 12.7 Å². The van der Waals surface area contributed by atoms with E-state index in [0.717, 1.165) is 11.3 Å². The first-order chi connectivity index (χ1) is 9.08. The third kappa shape index (κ3) is 2.39. The van der Waals surface area contributed by atoms with Crippen molar-refractivity contribution in [1.29, 1.82) is 0 Å². The number of ether oxygens (including phenoxy) is 1. The van der Waals surface area contributed by atoms with Crippen LogP contribution in [0.5, 0.6) is 0 Å². The van der Waals surface area contributed by atoms with E-state index in [1.807, 2.05) is 0 Å². The zero-order chi connectivity index (χ0) is 14.0. The molecule has 2 aromatic rings. The van der Waals surface area contributed by atoms with Crippen molar-refractivity contribution in [2.75, 3.05) is 7.11 Å². The highest BCUT2D eigenvalue weighted by atomic mass is 32.1. The Morgan fingerprint density at radius 2 is 2.05 bits per heavy atom. The number of thiophene rings is 1. The number of carbonyl (C=O) groups excluding carboxylic acids is 2. The molecule has 0 radical (unpaired) electrons. The van der Waals surface area contributed by atoms with Gasteiger partial charge in [-0.15, -0.1) is 11.3 Å². The normalized spacial score (nSPS) is 10.3. The van der Waals surface area contributed by atoms with E-state index in [1.165, 1.54) is 30.7 Å². The summed E-state index contributed by atoms with van der Waals surface area (Å²) < 4.78 is 31.8. The van der Waals surface area contributed by atoms with Crippen LogP contribution >= 0.6 is 11.3 Å². The van der Waals surface area contributed by atoms with Gasteiger partial charge in [-0.3, -0.25) is 4.79 Å². The zero-order valence-corrected chi connectivity index (χ0v) is 10.6. The Labute approximate surface area is 111 Å². The Morgan fingerprint density at radius 3 is 2.68 bits per heavy atom. The Hall–Kier alpha value is -2.08. The Kier molecular flexibility index (Phi) is 3.71. The van der Waals surface area contributed by atoms with Gasteiger partial charge in [-0.2, -0.15) is 0 Å². The summed E-state index contributed by atoms with van der Waals surface area (Å²) in [7, 11) is 1.24. The van der Waals surface area contributed by atoms with Crippen LogP contribution in [0, 0.1) is 11.6 Å². The van der Waals surface area contributed by atoms with Crippen molar-refractivity contribution in [2.45, 2.75) is 0 Å². The maximum atomic E-state index is 13.8. The number of benzene rings is 1. The number of methoxy groups -OCH3 is 1. The lowest BCUT2D eigenvalue weighted by Crippen LogP contribution is -1.97. The molecule has 0 aliphatic carbocycles. The molecule has 1 aromatic heterocycles. The van der Waals surface area contributed by atoms with Crippen LogP contribution in [0.1, 0.15) is 20.0 Å². The second kappa shape index (κ2) is 5.27. The van der Waals surface area contributed by atoms with Crippen LogP contribution in [0.2, 0.25) is 0 Å². The average molecular weight is 282 g/mol. The molecular weight excluding hydrogens is 274 g/mol. The molecule has 0 amide bonds. The topological polar surface area (TPSA) is 43.4 Å². The Bertz CT molecular complexity index is 649. The fraction of sp³-hybridized carbons (Fsp3) is 0.0769. The highest BCUT2D eigenvalue weighted by molar-refractivity contribution is 7.12. The first-order valence-corrected chi connectivity index (χ1v) is 6.07. The van der Waals surface area contributed by atoms with Gasteiger partial charge >= 0.3 is 5.97 Å². The van der Waals surface area contributed by atoms with Crippen molar-refractivity contribution in [1.82, 2.24) is 0 Å². The minimum Gasteiger partial charge on any atom is -0.465 e. The molecule has 0 unspecified atom stereocenters. The summed E-state index contributed by atoms with van der Waals surface area (Å²) >= 11 is 1.07. The van der Waals surface area contributed by atoms with E-state index in [4.69, 9.17) is 0 Å². The van der Waals surface area contributed by atoms with Gasteiger partial charge in [0, 0.05) is 5.56 Å². The van der Waals surface area contributed by atoms with Gasteiger partial charge in [-0.05, 0) is 23.1 Å². The molecule has 0 bridgehead atoms. The molecule has 0 saturated heterocycles. The lowest BCUT2D eigenvalue weighted by atomic mass is 10.1. The summed E-state index contributed by atoms with van der Waals surface area (Å²) in [6, 6.07) is 3.90. The summed E-state index contributed by atoms with van der Waals surface area (Å²) in [5, 5.41) is 1.52. The van der Waals surface area contributed by atoms with Crippen LogP contribution in [0.25, 0.3) is 11.1 Å². The number of aldehydes is 1. The molecule has 0 saturated carbocycles. The molecule has 0 N–H and O–H groups in total. The third-order valence-electron chi connectivity index (χ3n) is 2.54. The summed E-state index contributed by atoms with van der Waals surface area (Å²) in [4.78, 5) is 22.1. The molecule has 0 aliphatic rings. The van der Waals surface area contributed by atoms with E-state index in [9.17, 15) is 18.4 Å². The van der Waals surface area contributed by atoms with E-state index < -0.39 is 17.6 Å². The molecule has 0 aliphatic heterocycles. The fourth-order valence-corrected chi connectivity index (χ4v) is 2.39. The largest absolute Gasteiger partial charge is 0.465 e. The molecular formula is C13H8F2O3S. The highest BCUT2D eigenvalue weighted by Gasteiger charge is 2.17. The first-order valence-electron chi connectivity index (χ1n) is 5.19. The van der Waals surface area contributed by atoms with Gasteiger partial charge < -0.3 is 4.74 Å². The summed E-state index contributed by atoms with van der Waals surface area (Å²) in [6.45, 7) is 0. The van der Waals surface area contributed by atoms with Crippen LogP contribution in [-0.4, -0.2) is 19.4 Å². The van der Waals surface area contributed by atoms with Crippen molar-refractivity contribution in [3.8, 4) is 11.1 Å². The van der Waals surface area contributed by atoms with E-state index in [1.54, 1.807) is 0 Å². The van der Waals surface area contributed by atoms with Crippen LogP contribution in [0.3, 0.4) is 0 Å². The average Bonchev–Trinajstić information content (AvgIpc) is 2.90. The predicted molar refractivity (Wildman–Crippen MR) is 66.4 cm³/mol. The molecule has 6 heteroatoms. The predicted octanol–water partition coefficient (Wildman–Crippen LogP) is 3.29. The number of hydrogen-bond donors (Lipinski definition) is 0. The van der Waals surface area contributed by atoms with Crippen LogP contribution in [0.4, 0.5) is 8.78 Å². The van der Waals surface area contributed by atoms with Crippen LogP contribution in [-0.2, 0) is 4.74 Å². The minimum absolute atomic E-state index is 0.00509. The molecule has 0 atom stereocenters. The van der Waals surface area contributed by atoms with E-state index in [0.29, 0.717) is 5.56 Å². The summed E-state index contributed by atoms with van der Waals surface area (Å²) in [5.74, 6) is -2.85. The number of hydrogen-bond acceptors (Lipinski definition) is 4. The zero-order valence-electron chi connectivity index (χ0n) is 9.78. The molecule has 0 fully saturated rings. The molecule has 98 valence electrons. The highest BCUT2D eigenvalue weighted by Crippen LogP contribution is 2.30. The molecule has 2 rings (SSSR count). The maximum absolute atomic E-state index is 13.8. The van der Waals surface area contributed by atoms with Gasteiger partial charge in [0.15, 0.2) is 17.9 Å². The van der Waals surface area contributed by atoms with Gasteiger partial charge in [0.25, 0.3) is 0 Å². The van der Waals surface area contributed by atoms with E-state index in [-0.39, 0.29) is 22.3 Å². The van der Waals surface area contributed by atoms with Crippen molar-refractivity contribution >= 4 is 23.6 Å². The first kappa shape index (κ1) is 13.4. The smallest absolute Gasteiger partial charge is 0.348 e. The second-order valence-electron chi connectivity index (χ2n) is 3.64. The van der Waals surface area contributed by atoms with Crippen molar-refractivity contribution < 1.29 is 23.1 Å². The molecule has 0 spiro atoms. The maximum Gasteiger partial charge on any atom is 0.348 e. The minimum atomic E-state index is -1.20. The molecule has 3 nitrogen and oxygen atoms in total. The van der Waals surface area contributed by atoms with Crippen LogP contribution in [0.15, 0.2) is 23.6 Å². The second-order valence-corrected chi connectivity index (χ2v) is 4.55.